The summed E-state index contributed by atoms with van der Waals surface area (Å²) in [5, 5.41) is 0. The predicted octanol–water partition coefficient (Wildman–Crippen LogP) is 8.49. The standard InChI is InChI=1S/C33H22N2O6.C21H14N2O4.CH4/c36-30-17-18-31(37)34(30)24-5-13-28(14-6-24)40-26-9-1-22(2-10-26)21-23-3-11-27(12-4-23)41-29-15-7-25(8-16-29)35-32(38)19-20-33(35)39;24-18-9-10-19(25)22(18)16-5-1-14(2-6-16)13-15-3-7-17(8-4-15)23-20(26)11-12-21(23)27;/h1-20H,21H2;1-12H,13H2;1H4. The van der Waals surface area contributed by atoms with E-state index in [-0.39, 0.29) is 54.7 Å². The second-order valence-corrected chi connectivity index (χ2v) is 15.5. The normalized spacial score (nSPS) is 14.8. The van der Waals surface area contributed by atoms with Crippen molar-refractivity contribution in [2.45, 2.75) is 20.3 Å². The van der Waals surface area contributed by atoms with Gasteiger partial charge in [-0.15, -0.1) is 0 Å². The molecule has 8 amide bonds. The summed E-state index contributed by atoms with van der Waals surface area (Å²) < 4.78 is 11.8. The van der Waals surface area contributed by atoms with E-state index >= 15 is 0 Å². The highest BCUT2D eigenvalue weighted by atomic mass is 16.5. The Hall–Kier alpha value is -9.56. The average Bonchev–Trinajstić information content (AvgIpc) is 4.09. The van der Waals surface area contributed by atoms with Gasteiger partial charge in [0.1, 0.15) is 23.0 Å². The van der Waals surface area contributed by atoms with Crippen LogP contribution in [0.3, 0.4) is 0 Å². The lowest BCUT2D eigenvalue weighted by Crippen LogP contribution is -2.29. The smallest absolute Gasteiger partial charge is 0.258 e. The molecule has 0 unspecified atom stereocenters. The third kappa shape index (κ3) is 10.3. The third-order valence-electron chi connectivity index (χ3n) is 11.0. The van der Waals surface area contributed by atoms with Gasteiger partial charge in [0.2, 0.25) is 0 Å². The van der Waals surface area contributed by atoms with Crippen molar-refractivity contribution >= 4 is 70.0 Å². The fraction of sp³-hybridized carbons (Fsp3) is 0.0545. The molecule has 0 aromatic heterocycles. The Morgan fingerprint density at radius 2 is 0.406 bits per heavy atom. The minimum absolute atomic E-state index is 0. The van der Waals surface area contributed by atoms with Gasteiger partial charge >= 0.3 is 0 Å². The van der Waals surface area contributed by atoms with Gasteiger partial charge in [-0.05, 0) is 132 Å². The average molecular weight is 917 g/mol. The van der Waals surface area contributed by atoms with Crippen LogP contribution in [0.4, 0.5) is 22.7 Å². The van der Waals surface area contributed by atoms with E-state index in [0.29, 0.717) is 52.2 Å². The van der Waals surface area contributed by atoms with Gasteiger partial charge in [-0.1, -0.05) is 56.0 Å². The van der Waals surface area contributed by atoms with E-state index in [1.807, 2.05) is 72.8 Å². The summed E-state index contributed by atoms with van der Waals surface area (Å²) in [6.07, 6.45) is 11.4. The Bertz CT molecular complexity index is 2850. The molecule has 0 saturated heterocycles. The SMILES string of the molecule is C.O=C1C=CC(=O)N1c1ccc(Cc2ccc(N3C(=O)C=CC3=O)cc2)cc1.O=C1C=CC(=O)N1c1ccc(Oc2ccc(Cc3ccc(Oc4ccc(N5C(=O)C=CC5=O)cc4)cc3)cc2)cc1. The maximum absolute atomic E-state index is 11.8. The molecule has 0 bridgehead atoms. The highest BCUT2D eigenvalue weighted by Crippen LogP contribution is 2.30. The van der Waals surface area contributed by atoms with Crippen molar-refractivity contribution in [3.63, 3.8) is 0 Å². The van der Waals surface area contributed by atoms with Crippen molar-refractivity contribution in [3.8, 4) is 23.0 Å². The number of carbonyl (C=O) groups is 8. The van der Waals surface area contributed by atoms with Gasteiger partial charge in [-0.2, -0.15) is 0 Å². The molecule has 0 N–H and O–H groups in total. The zero-order valence-electron chi connectivity index (χ0n) is 35.8. The molecule has 6 aromatic carbocycles. The largest absolute Gasteiger partial charge is 0.457 e. The molecular weight excluding hydrogens is 877 g/mol. The Morgan fingerprint density at radius 3 is 0.609 bits per heavy atom. The van der Waals surface area contributed by atoms with Crippen molar-refractivity contribution in [2.75, 3.05) is 19.6 Å². The van der Waals surface area contributed by atoms with Crippen molar-refractivity contribution in [3.05, 3.63) is 216 Å². The topological polar surface area (TPSA) is 168 Å². The number of benzene rings is 6. The Labute approximate surface area is 395 Å². The summed E-state index contributed by atoms with van der Waals surface area (Å²) in [7, 11) is 0. The van der Waals surface area contributed by atoms with E-state index in [1.54, 1.807) is 72.8 Å². The summed E-state index contributed by atoms with van der Waals surface area (Å²) in [4.78, 5) is 98.7. The zero-order valence-corrected chi connectivity index (χ0v) is 35.8. The van der Waals surface area contributed by atoms with E-state index in [1.165, 1.54) is 48.6 Å². The summed E-state index contributed by atoms with van der Waals surface area (Å²) >= 11 is 0. The first kappa shape index (κ1) is 46.0. The molecule has 14 nitrogen and oxygen atoms in total. The molecule has 0 atom stereocenters. The second kappa shape index (κ2) is 19.9. The number of amides is 8. The fourth-order valence-electron chi connectivity index (χ4n) is 7.57. The molecule has 0 fully saturated rings. The minimum atomic E-state index is -0.360. The first-order chi connectivity index (χ1) is 32.9. The van der Waals surface area contributed by atoms with Crippen LogP contribution >= 0.6 is 0 Å². The number of imide groups is 4. The molecule has 14 heteroatoms. The maximum atomic E-state index is 11.8. The zero-order chi connectivity index (χ0) is 47.3. The molecule has 10 rings (SSSR count). The van der Waals surface area contributed by atoms with Crippen LogP contribution in [0.1, 0.15) is 29.7 Å². The van der Waals surface area contributed by atoms with Gasteiger partial charge in [0.25, 0.3) is 47.3 Å². The van der Waals surface area contributed by atoms with E-state index < -0.39 is 0 Å². The lowest BCUT2D eigenvalue weighted by atomic mass is 10.0. The number of carbonyl (C=O) groups excluding carboxylic acids is 8. The van der Waals surface area contributed by atoms with Crippen LogP contribution < -0.4 is 29.1 Å². The monoisotopic (exact) mass is 916 g/mol. The second-order valence-electron chi connectivity index (χ2n) is 15.5. The number of ether oxygens (including phenoxy) is 2. The summed E-state index contributed by atoms with van der Waals surface area (Å²) in [5.74, 6) is -0.296. The molecule has 340 valence electrons. The van der Waals surface area contributed by atoms with Crippen molar-refractivity contribution in [1.82, 2.24) is 0 Å². The van der Waals surface area contributed by atoms with Crippen LogP contribution in [-0.4, -0.2) is 47.3 Å². The lowest BCUT2D eigenvalue weighted by Gasteiger charge is -2.15. The fourth-order valence-corrected chi connectivity index (χ4v) is 7.57. The highest BCUT2D eigenvalue weighted by Gasteiger charge is 2.28. The van der Waals surface area contributed by atoms with Crippen molar-refractivity contribution < 1.29 is 47.8 Å². The van der Waals surface area contributed by atoms with Crippen LogP contribution in [0.5, 0.6) is 23.0 Å². The Balaban J connectivity index is 0.000000199. The van der Waals surface area contributed by atoms with Gasteiger partial charge in [-0.25, -0.2) is 19.6 Å². The summed E-state index contributed by atoms with van der Waals surface area (Å²) in [6.45, 7) is 0. The van der Waals surface area contributed by atoms with E-state index in [0.717, 1.165) is 48.3 Å². The van der Waals surface area contributed by atoms with Crippen LogP contribution in [-0.2, 0) is 51.2 Å². The molecule has 0 radical (unpaired) electrons. The third-order valence-corrected chi connectivity index (χ3v) is 11.0. The number of nitrogens with zero attached hydrogens (tertiary/aromatic N) is 4. The van der Waals surface area contributed by atoms with Crippen molar-refractivity contribution in [2.24, 2.45) is 0 Å². The lowest BCUT2D eigenvalue weighted by molar-refractivity contribution is -0.121. The molecular formula is C55H40N4O10. The highest BCUT2D eigenvalue weighted by molar-refractivity contribution is 6.30. The molecule has 4 heterocycles. The summed E-state index contributed by atoms with van der Waals surface area (Å²) in [6, 6.07) is 43.5. The first-order valence-corrected chi connectivity index (χ1v) is 21.1. The van der Waals surface area contributed by atoms with Crippen LogP contribution in [0.25, 0.3) is 0 Å². The Morgan fingerprint density at radius 1 is 0.246 bits per heavy atom. The van der Waals surface area contributed by atoms with Crippen LogP contribution in [0.2, 0.25) is 0 Å². The van der Waals surface area contributed by atoms with Gasteiger partial charge in [-0.3, -0.25) is 38.4 Å². The number of anilines is 4. The Kier molecular flexibility index (Phi) is 13.3. The van der Waals surface area contributed by atoms with Gasteiger partial charge in [0.05, 0.1) is 22.7 Å². The molecule has 69 heavy (non-hydrogen) atoms. The van der Waals surface area contributed by atoms with Gasteiger partial charge < -0.3 is 9.47 Å². The molecule has 6 aromatic rings. The van der Waals surface area contributed by atoms with E-state index in [9.17, 15) is 38.4 Å². The first-order valence-electron chi connectivity index (χ1n) is 21.1. The minimum Gasteiger partial charge on any atom is -0.457 e. The number of hydrogen-bond acceptors (Lipinski definition) is 10. The van der Waals surface area contributed by atoms with E-state index in [2.05, 4.69) is 0 Å². The molecule has 0 spiro atoms. The van der Waals surface area contributed by atoms with Gasteiger partial charge in [0.15, 0.2) is 0 Å². The van der Waals surface area contributed by atoms with Gasteiger partial charge in [0, 0.05) is 48.6 Å². The quantitative estimate of drug-likeness (QED) is 0.109. The van der Waals surface area contributed by atoms with Crippen LogP contribution in [0, 0.1) is 0 Å². The molecule has 0 aliphatic carbocycles. The number of hydrogen-bond donors (Lipinski definition) is 0. The predicted molar refractivity (Wildman–Crippen MR) is 258 cm³/mol. The summed E-state index contributed by atoms with van der Waals surface area (Å²) in [5.41, 5.74) is 6.29. The number of rotatable bonds is 12. The van der Waals surface area contributed by atoms with Crippen LogP contribution in [0.15, 0.2) is 194 Å². The molecule has 4 aliphatic rings. The van der Waals surface area contributed by atoms with E-state index in [4.69, 9.17) is 9.47 Å². The maximum Gasteiger partial charge on any atom is 0.258 e. The van der Waals surface area contributed by atoms with Crippen molar-refractivity contribution in [1.29, 1.82) is 0 Å². The molecule has 4 aliphatic heterocycles. The molecule has 0 saturated carbocycles.